The molecule has 0 aliphatic carbocycles. The van der Waals surface area contributed by atoms with Crippen molar-refractivity contribution in [1.82, 2.24) is 10.9 Å². The smallest absolute Gasteiger partial charge is 0.276 e. The third-order valence-electron chi connectivity index (χ3n) is 4.28. The van der Waals surface area contributed by atoms with E-state index in [0.717, 1.165) is 19.7 Å². The summed E-state index contributed by atoms with van der Waals surface area (Å²) >= 11 is 18.8. The molecular weight excluding hydrogens is 587 g/mol. The highest BCUT2D eigenvalue weighted by atomic mass is 79.9. The fraction of sp³-hybridized carbons (Fsp3) is 0.182. The Morgan fingerprint density at radius 1 is 0.875 bits per heavy atom. The first-order valence-electron chi connectivity index (χ1n) is 9.49. The van der Waals surface area contributed by atoms with Crippen molar-refractivity contribution in [2.24, 2.45) is 0 Å². The Balaban J connectivity index is 1.37. The van der Waals surface area contributed by atoms with Gasteiger partial charge in [-0.3, -0.25) is 20.4 Å². The van der Waals surface area contributed by atoms with Crippen LogP contribution in [0.2, 0.25) is 10.0 Å². The molecule has 0 spiro atoms. The molecule has 0 heterocycles. The first-order chi connectivity index (χ1) is 15.3. The summed E-state index contributed by atoms with van der Waals surface area (Å²) in [5.74, 6) is 0.195. The second kappa shape index (κ2) is 11.7. The second-order valence-electron chi connectivity index (χ2n) is 6.65. The van der Waals surface area contributed by atoms with E-state index in [1.54, 1.807) is 24.3 Å². The molecule has 6 nitrogen and oxygen atoms in total. The maximum atomic E-state index is 12.0. The average Bonchev–Trinajstić information content (AvgIpc) is 2.76. The normalized spacial score (nSPS) is 10.6. The van der Waals surface area contributed by atoms with Gasteiger partial charge in [-0.1, -0.05) is 51.3 Å². The van der Waals surface area contributed by atoms with Crippen LogP contribution < -0.4 is 20.3 Å². The first-order valence-corrected chi connectivity index (χ1v) is 11.8. The van der Waals surface area contributed by atoms with Crippen LogP contribution in [0, 0.1) is 0 Å². The summed E-state index contributed by atoms with van der Waals surface area (Å²) in [5, 5.41) is 2.90. The fourth-order valence-corrected chi connectivity index (χ4v) is 4.19. The van der Waals surface area contributed by atoms with Crippen molar-refractivity contribution in [3.63, 3.8) is 0 Å². The zero-order chi connectivity index (χ0) is 23.1. The third kappa shape index (κ3) is 7.00. The van der Waals surface area contributed by atoms with E-state index >= 15 is 0 Å². The zero-order valence-corrected chi connectivity index (χ0v) is 21.3. The molecule has 0 saturated carbocycles. The Kier molecular flexibility index (Phi) is 9.04. The lowest BCUT2D eigenvalue weighted by atomic mass is 10.1. The minimum Gasteiger partial charge on any atom is -0.492 e. The molecule has 2 N–H and O–H groups in total. The van der Waals surface area contributed by atoms with Crippen LogP contribution >= 0.6 is 55.1 Å². The van der Waals surface area contributed by atoms with Crippen molar-refractivity contribution in [2.45, 2.75) is 12.8 Å². The molecule has 0 aliphatic heterocycles. The van der Waals surface area contributed by atoms with Gasteiger partial charge in [0.15, 0.2) is 6.61 Å². The molecule has 0 unspecified atom stereocenters. The summed E-state index contributed by atoms with van der Waals surface area (Å²) in [6.45, 7) is 0.0392. The fourth-order valence-electron chi connectivity index (χ4n) is 2.74. The number of nitrogens with one attached hydrogen (secondary N) is 2. The molecule has 168 valence electrons. The quantitative estimate of drug-likeness (QED) is 0.242. The summed E-state index contributed by atoms with van der Waals surface area (Å²) < 4.78 is 12.8. The van der Waals surface area contributed by atoms with Crippen molar-refractivity contribution in [1.29, 1.82) is 0 Å². The lowest BCUT2D eigenvalue weighted by Crippen LogP contribution is -2.43. The van der Waals surface area contributed by atoms with Crippen molar-refractivity contribution in [2.75, 3.05) is 13.2 Å². The Bertz CT molecular complexity index is 1140. The van der Waals surface area contributed by atoms with Gasteiger partial charge in [0.2, 0.25) is 5.91 Å². The van der Waals surface area contributed by atoms with E-state index in [-0.39, 0.29) is 18.9 Å². The van der Waals surface area contributed by atoms with E-state index in [1.165, 1.54) is 0 Å². The van der Waals surface area contributed by atoms with E-state index in [2.05, 4.69) is 42.7 Å². The summed E-state index contributed by atoms with van der Waals surface area (Å²) in [7, 11) is 0. The molecule has 0 saturated heterocycles. The van der Waals surface area contributed by atoms with Crippen molar-refractivity contribution in [3.8, 4) is 11.5 Å². The van der Waals surface area contributed by atoms with Crippen LogP contribution in [-0.4, -0.2) is 25.0 Å². The average molecular weight is 605 g/mol. The molecule has 0 radical (unpaired) electrons. The third-order valence-corrected chi connectivity index (χ3v) is 6.12. The van der Waals surface area contributed by atoms with Crippen LogP contribution in [0.25, 0.3) is 10.8 Å². The van der Waals surface area contributed by atoms with Crippen molar-refractivity contribution < 1.29 is 19.1 Å². The predicted octanol–water partition coefficient (Wildman–Crippen LogP) is 6.06. The SMILES string of the molecule is O=C(CCCOc1ccc(Cl)cc1Cl)NNC(=O)COc1ccc2cc(Br)ccc2c1Br. The molecule has 3 rings (SSSR count). The maximum absolute atomic E-state index is 12.0. The number of carbonyl (C=O) groups excluding carboxylic acids is 2. The van der Waals surface area contributed by atoms with Crippen LogP contribution in [-0.2, 0) is 9.59 Å². The number of carbonyl (C=O) groups is 2. The lowest BCUT2D eigenvalue weighted by molar-refractivity contribution is -0.130. The second-order valence-corrected chi connectivity index (χ2v) is 9.21. The van der Waals surface area contributed by atoms with Gasteiger partial charge in [0, 0.05) is 15.9 Å². The minimum absolute atomic E-state index is 0.165. The lowest BCUT2D eigenvalue weighted by Gasteiger charge is -2.12. The summed E-state index contributed by atoms with van der Waals surface area (Å²) in [5.41, 5.74) is 4.68. The molecule has 0 aromatic heterocycles. The highest BCUT2D eigenvalue weighted by Gasteiger charge is 2.10. The van der Waals surface area contributed by atoms with E-state index in [9.17, 15) is 9.59 Å². The predicted molar refractivity (Wildman–Crippen MR) is 132 cm³/mol. The molecule has 0 bridgehead atoms. The van der Waals surface area contributed by atoms with Gasteiger partial charge < -0.3 is 9.47 Å². The molecule has 3 aromatic carbocycles. The van der Waals surface area contributed by atoms with Gasteiger partial charge in [0.05, 0.1) is 16.1 Å². The van der Waals surface area contributed by atoms with E-state index < -0.39 is 5.91 Å². The number of ether oxygens (including phenoxy) is 2. The van der Waals surface area contributed by atoms with E-state index in [1.807, 2.05) is 24.3 Å². The summed E-state index contributed by atoms with van der Waals surface area (Å²) in [4.78, 5) is 23.9. The first kappa shape index (κ1) is 24.6. The molecule has 2 amide bonds. The number of benzene rings is 3. The van der Waals surface area contributed by atoms with Crippen LogP contribution in [0.3, 0.4) is 0 Å². The van der Waals surface area contributed by atoms with Gasteiger partial charge in [0.25, 0.3) is 5.91 Å². The Morgan fingerprint density at radius 3 is 2.41 bits per heavy atom. The van der Waals surface area contributed by atoms with Gasteiger partial charge in [-0.15, -0.1) is 0 Å². The topological polar surface area (TPSA) is 76.7 Å². The number of amides is 2. The van der Waals surface area contributed by atoms with E-state index in [0.29, 0.717) is 34.6 Å². The summed E-state index contributed by atoms with van der Waals surface area (Å²) in [6.07, 6.45) is 0.607. The highest BCUT2D eigenvalue weighted by molar-refractivity contribution is 9.11. The zero-order valence-electron chi connectivity index (χ0n) is 16.6. The molecule has 0 aliphatic rings. The minimum atomic E-state index is -0.481. The molecule has 0 fully saturated rings. The number of hydrogen-bond acceptors (Lipinski definition) is 4. The Morgan fingerprint density at radius 2 is 1.62 bits per heavy atom. The molecule has 32 heavy (non-hydrogen) atoms. The van der Waals surface area contributed by atoms with Crippen molar-refractivity contribution in [3.05, 3.63) is 67.5 Å². The van der Waals surface area contributed by atoms with Gasteiger partial charge in [-0.05, 0) is 69.5 Å². The molecule has 10 heteroatoms. The Hall–Kier alpha value is -2.00. The highest BCUT2D eigenvalue weighted by Crippen LogP contribution is 2.34. The number of hydrogen-bond donors (Lipinski definition) is 2. The Labute approximate surface area is 211 Å². The van der Waals surface area contributed by atoms with Crippen LogP contribution in [0.1, 0.15) is 12.8 Å². The molecular formula is C22H18Br2Cl2N2O4. The standard InChI is InChI=1S/C22H18Br2Cl2N2O4/c23-14-4-6-16-13(10-14)3-7-19(22(16)24)32-12-21(30)28-27-20(29)2-1-9-31-18-8-5-15(25)11-17(18)26/h3-8,10-11H,1-2,9,12H2,(H,27,29)(H,28,30). The monoisotopic (exact) mass is 602 g/mol. The largest absolute Gasteiger partial charge is 0.492 e. The summed E-state index contributed by atoms with van der Waals surface area (Å²) in [6, 6.07) is 14.5. The number of halogens is 4. The van der Waals surface area contributed by atoms with Crippen LogP contribution in [0.15, 0.2) is 57.5 Å². The van der Waals surface area contributed by atoms with Crippen LogP contribution in [0.4, 0.5) is 0 Å². The molecule has 3 aromatic rings. The van der Waals surface area contributed by atoms with Gasteiger partial charge >= 0.3 is 0 Å². The van der Waals surface area contributed by atoms with Gasteiger partial charge in [0.1, 0.15) is 11.5 Å². The van der Waals surface area contributed by atoms with Gasteiger partial charge in [-0.2, -0.15) is 0 Å². The number of rotatable bonds is 8. The van der Waals surface area contributed by atoms with Crippen LogP contribution in [0.5, 0.6) is 11.5 Å². The number of hydrazine groups is 1. The number of fused-ring (bicyclic) bond motifs is 1. The maximum Gasteiger partial charge on any atom is 0.276 e. The molecule has 0 atom stereocenters. The van der Waals surface area contributed by atoms with E-state index in [4.69, 9.17) is 32.7 Å². The van der Waals surface area contributed by atoms with Crippen molar-refractivity contribution >= 4 is 77.6 Å². The van der Waals surface area contributed by atoms with Gasteiger partial charge in [-0.25, -0.2) is 0 Å².